The standard InChI is InChI=1S/C24H30FN5O2/c1-32-19-10-8-17(9-11-19)15-22(23-27-20-6-2-3-7-21(20)28-23)29-24(31)26-18-5-4-13-30(16-18)14-12-25/h2-3,6-11,18,22H,4-5,12-16H2,1H3,(H,27,28)(H2,26,29,31)/t18?,22-/m1/s1. The van der Waals surface area contributed by atoms with Crippen molar-refractivity contribution in [3.8, 4) is 5.75 Å². The van der Waals surface area contributed by atoms with Gasteiger partial charge >= 0.3 is 6.03 Å². The molecule has 2 amide bonds. The summed E-state index contributed by atoms with van der Waals surface area (Å²) in [6.45, 7) is 1.60. The molecule has 3 N–H and O–H groups in total. The Morgan fingerprint density at radius 2 is 2.09 bits per heavy atom. The highest BCUT2D eigenvalue weighted by atomic mass is 19.1. The summed E-state index contributed by atoms with van der Waals surface area (Å²) in [6, 6.07) is 15.0. The van der Waals surface area contributed by atoms with E-state index in [9.17, 15) is 9.18 Å². The number of carbonyl (C=O) groups excluding carboxylic acids is 1. The fourth-order valence-electron chi connectivity index (χ4n) is 4.23. The summed E-state index contributed by atoms with van der Waals surface area (Å²) in [5.74, 6) is 1.50. The second-order valence-electron chi connectivity index (χ2n) is 8.19. The molecule has 7 nitrogen and oxygen atoms in total. The molecule has 0 aliphatic carbocycles. The van der Waals surface area contributed by atoms with Gasteiger partial charge < -0.3 is 20.4 Å². The van der Waals surface area contributed by atoms with Crippen molar-refractivity contribution < 1.29 is 13.9 Å². The SMILES string of the molecule is COc1ccc(C[C@@H](NC(=O)NC2CCCN(CCF)C2)c2nc3ccccc3[nH]2)cc1. The highest BCUT2D eigenvalue weighted by molar-refractivity contribution is 5.76. The zero-order valence-electron chi connectivity index (χ0n) is 18.3. The number of methoxy groups -OCH3 is 1. The Balaban J connectivity index is 1.48. The van der Waals surface area contributed by atoms with Crippen LogP contribution < -0.4 is 15.4 Å². The van der Waals surface area contributed by atoms with Crippen LogP contribution in [0.4, 0.5) is 9.18 Å². The number of ether oxygens (including phenoxy) is 1. The Morgan fingerprint density at radius 3 is 2.84 bits per heavy atom. The van der Waals surface area contributed by atoms with Crippen molar-refractivity contribution in [1.29, 1.82) is 0 Å². The third-order valence-corrected chi connectivity index (χ3v) is 5.88. The smallest absolute Gasteiger partial charge is 0.315 e. The van der Waals surface area contributed by atoms with Crippen LogP contribution in [0.15, 0.2) is 48.5 Å². The molecule has 2 heterocycles. The van der Waals surface area contributed by atoms with Crippen molar-refractivity contribution in [1.82, 2.24) is 25.5 Å². The first-order valence-corrected chi connectivity index (χ1v) is 11.1. The Morgan fingerprint density at radius 1 is 1.28 bits per heavy atom. The van der Waals surface area contributed by atoms with Gasteiger partial charge in [-0.2, -0.15) is 0 Å². The quantitative estimate of drug-likeness (QED) is 0.501. The van der Waals surface area contributed by atoms with E-state index in [0.717, 1.165) is 41.7 Å². The number of carbonyl (C=O) groups is 1. The maximum Gasteiger partial charge on any atom is 0.315 e. The van der Waals surface area contributed by atoms with Crippen molar-refractivity contribution in [2.24, 2.45) is 0 Å². The number of aromatic amines is 1. The maximum absolute atomic E-state index is 12.9. The van der Waals surface area contributed by atoms with E-state index in [1.165, 1.54) is 0 Å². The number of alkyl halides is 1. The average molecular weight is 440 g/mol. The number of benzene rings is 2. The number of H-pyrrole nitrogens is 1. The van der Waals surface area contributed by atoms with Gasteiger partial charge in [0.2, 0.25) is 0 Å². The highest BCUT2D eigenvalue weighted by Gasteiger charge is 2.24. The number of para-hydroxylation sites is 2. The van der Waals surface area contributed by atoms with Crippen molar-refractivity contribution in [2.75, 3.05) is 33.4 Å². The number of nitrogens with one attached hydrogen (secondary N) is 3. The first-order chi connectivity index (χ1) is 15.6. The van der Waals surface area contributed by atoms with Crippen LogP contribution >= 0.6 is 0 Å². The molecule has 3 aromatic rings. The molecular formula is C24H30FN5O2. The summed E-state index contributed by atoms with van der Waals surface area (Å²) in [5.41, 5.74) is 2.85. The maximum atomic E-state index is 12.9. The fraction of sp³-hybridized carbons (Fsp3) is 0.417. The van der Waals surface area contributed by atoms with Crippen molar-refractivity contribution in [3.63, 3.8) is 0 Å². The Bertz CT molecular complexity index is 988. The lowest BCUT2D eigenvalue weighted by atomic mass is 10.0. The largest absolute Gasteiger partial charge is 0.497 e. The number of imidazole rings is 1. The van der Waals surface area contributed by atoms with Crippen LogP contribution in [0.1, 0.15) is 30.3 Å². The van der Waals surface area contributed by atoms with Crippen LogP contribution in [0.2, 0.25) is 0 Å². The monoisotopic (exact) mass is 439 g/mol. The third kappa shape index (κ3) is 5.56. The zero-order chi connectivity index (χ0) is 22.3. The molecule has 1 saturated heterocycles. The van der Waals surface area contributed by atoms with Crippen LogP contribution in [0, 0.1) is 0 Å². The number of urea groups is 1. The van der Waals surface area contributed by atoms with Crippen molar-refractivity contribution in [2.45, 2.75) is 31.3 Å². The molecule has 1 aliphatic heterocycles. The molecule has 0 radical (unpaired) electrons. The van der Waals surface area contributed by atoms with Gasteiger partial charge in [0.1, 0.15) is 18.2 Å². The van der Waals surface area contributed by atoms with E-state index >= 15 is 0 Å². The Hall–Kier alpha value is -3.13. The van der Waals surface area contributed by atoms with Gasteiger partial charge in [0.25, 0.3) is 0 Å². The zero-order valence-corrected chi connectivity index (χ0v) is 18.3. The van der Waals surface area contributed by atoms with E-state index in [1.54, 1.807) is 7.11 Å². The minimum atomic E-state index is -0.366. The Kier molecular flexibility index (Phi) is 7.21. The second-order valence-corrected chi connectivity index (χ2v) is 8.19. The number of aromatic nitrogens is 2. The van der Waals surface area contributed by atoms with Gasteiger partial charge in [0.05, 0.1) is 24.2 Å². The normalized spacial score (nSPS) is 17.8. The fourth-order valence-corrected chi connectivity index (χ4v) is 4.23. The number of halogens is 1. The Labute approximate surface area is 187 Å². The van der Waals surface area contributed by atoms with Gasteiger partial charge in [-0.3, -0.25) is 4.90 Å². The van der Waals surface area contributed by atoms with E-state index in [0.29, 0.717) is 25.3 Å². The minimum absolute atomic E-state index is 0.00705. The molecule has 1 aromatic heterocycles. The first kappa shape index (κ1) is 22.1. The lowest BCUT2D eigenvalue weighted by molar-refractivity contribution is 0.175. The van der Waals surface area contributed by atoms with E-state index in [4.69, 9.17) is 9.72 Å². The number of likely N-dealkylation sites (tertiary alicyclic amines) is 1. The summed E-state index contributed by atoms with van der Waals surface area (Å²) < 4.78 is 18.0. The molecule has 2 aromatic carbocycles. The number of fused-ring (bicyclic) bond motifs is 1. The molecule has 2 atom stereocenters. The summed E-state index contributed by atoms with van der Waals surface area (Å²) in [5, 5.41) is 6.17. The number of nitrogens with zero attached hydrogens (tertiary/aromatic N) is 2. The number of hydrogen-bond donors (Lipinski definition) is 3. The molecule has 0 spiro atoms. The van der Waals surface area contributed by atoms with E-state index in [2.05, 4.69) is 20.5 Å². The molecule has 1 unspecified atom stereocenters. The summed E-state index contributed by atoms with van der Waals surface area (Å²) >= 11 is 0. The van der Waals surface area contributed by atoms with Gasteiger partial charge in [-0.25, -0.2) is 14.2 Å². The number of piperidine rings is 1. The molecular weight excluding hydrogens is 409 g/mol. The molecule has 1 fully saturated rings. The van der Waals surface area contributed by atoms with Crippen LogP contribution in [0.25, 0.3) is 11.0 Å². The molecule has 32 heavy (non-hydrogen) atoms. The summed E-state index contributed by atoms with van der Waals surface area (Å²) in [7, 11) is 1.64. The number of hydrogen-bond acceptors (Lipinski definition) is 4. The average Bonchev–Trinajstić information content (AvgIpc) is 3.24. The van der Waals surface area contributed by atoms with E-state index in [-0.39, 0.29) is 24.8 Å². The first-order valence-electron chi connectivity index (χ1n) is 11.1. The van der Waals surface area contributed by atoms with Crippen LogP contribution in [-0.4, -0.2) is 60.4 Å². The molecule has 0 saturated carbocycles. The van der Waals surface area contributed by atoms with Gasteiger partial charge in [0.15, 0.2) is 0 Å². The predicted octanol–water partition coefficient (Wildman–Crippen LogP) is 3.59. The molecule has 8 heteroatoms. The molecule has 1 aliphatic rings. The van der Waals surface area contributed by atoms with E-state index < -0.39 is 0 Å². The molecule has 0 bridgehead atoms. The molecule has 170 valence electrons. The number of rotatable bonds is 8. The van der Waals surface area contributed by atoms with Crippen LogP contribution in [0.3, 0.4) is 0 Å². The molecule has 4 rings (SSSR count). The van der Waals surface area contributed by atoms with E-state index in [1.807, 2.05) is 48.5 Å². The van der Waals surface area contributed by atoms with Gasteiger partial charge in [-0.1, -0.05) is 24.3 Å². The highest BCUT2D eigenvalue weighted by Crippen LogP contribution is 2.21. The lowest BCUT2D eigenvalue weighted by Gasteiger charge is -2.32. The third-order valence-electron chi connectivity index (χ3n) is 5.88. The topological polar surface area (TPSA) is 82.3 Å². The minimum Gasteiger partial charge on any atom is -0.497 e. The predicted molar refractivity (Wildman–Crippen MR) is 123 cm³/mol. The second kappa shape index (κ2) is 10.5. The van der Waals surface area contributed by atoms with Gasteiger partial charge in [0, 0.05) is 19.1 Å². The van der Waals surface area contributed by atoms with Crippen LogP contribution in [-0.2, 0) is 6.42 Å². The number of amides is 2. The summed E-state index contributed by atoms with van der Waals surface area (Å²) in [4.78, 5) is 23.0. The van der Waals surface area contributed by atoms with Gasteiger partial charge in [-0.05, 0) is 55.6 Å². The van der Waals surface area contributed by atoms with Crippen LogP contribution in [0.5, 0.6) is 5.75 Å². The lowest BCUT2D eigenvalue weighted by Crippen LogP contribution is -2.51. The van der Waals surface area contributed by atoms with Crippen molar-refractivity contribution in [3.05, 3.63) is 59.9 Å². The van der Waals surface area contributed by atoms with Crippen molar-refractivity contribution >= 4 is 17.1 Å². The van der Waals surface area contributed by atoms with Gasteiger partial charge in [-0.15, -0.1) is 0 Å². The summed E-state index contributed by atoms with van der Waals surface area (Å²) in [6.07, 6.45) is 2.42.